The Kier molecular flexibility index (Phi) is 4.01. The van der Waals surface area contributed by atoms with Gasteiger partial charge < -0.3 is 14.2 Å². The van der Waals surface area contributed by atoms with E-state index in [0.29, 0.717) is 12.7 Å². The van der Waals surface area contributed by atoms with Crippen molar-refractivity contribution in [3.63, 3.8) is 0 Å². The highest BCUT2D eigenvalue weighted by molar-refractivity contribution is 5.60. The molecular formula is C11H19NO4. The van der Waals surface area contributed by atoms with Crippen LogP contribution in [0.4, 0.5) is 4.79 Å². The van der Waals surface area contributed by atoms with E-state index in [4.69, 9.17) is 14.2 Å². The molecule has 5 heteroatoms. The minimum absolute atomic E-state index is 0.0217. The van der Waals surface area contributed by atoms with Crippen LogP contribution < -0.4 is 0 Å². The third-order valence-electron chi connectivity index (χ3n) is 2.85. The van der Waals surface area contributed by atoms with Gasteiger partial charge in [-0.25, -0.2) is 4.79 Å². The predicted molar refractivity (Wildman–Crippen MR) is 57.3 cm³/mol. The first-order valence-corrected chi connectivity index (χ1v) is 5.95. The summed E-state index contributed by atoms with van der Waals surface area (Å²) in [6.45, 7) is 5.86. The maximum absolute atomic E-state index is 11.2. The van der Waals surface area contributed by atoms with E-state index in [1.165, 1.54) is 0 Å². The number of carbonyl (C=O) groups is 1. The van der Waals surface area contributed by atoms with Crippen molar-refractivity contribution in [2.75, 3.05) is 32.8 Å². The highest BCUT2D eigenvalue weighted by Crippen LogP contribution is 2.17. The van der Waals surface area contributed by atoms with Gasteiger partial charge in [-0.3, -0.25) is 4.90 Å². The Labute approximate surface area is 95.6 Å². The van der Waals surface area contributed by atoms with Gasteiger partial charge in [0.05, 0.1) is 19.3 Å². The van der Waals surface area contributed by atoms with E-state index in [9.17, 15) is 4.79 Å². The van der Waals surface area contributed by atoms with E-state index in [1.54, 1.807) is 6.92 Å². The third kappa shape index (κ3) is 3.64. The Morgan fingerprint density at radius 2 is 2.38 bits per heavy atom. The summed E-state index contributed by atoms with van der Waals surface area (Å²) in [4.78, 5) is 13.5. The smallest absolute Gasteiger partial charge is 0.435 e. The number of hydrogen-bond acceptors (Lipinski definition) is 5. The maximum atomic E-state index is 11.2. The van der Waals surface area contributed by atoms with Gasteiger partial charge in [0.2, 0.25) is 0 Å². The molecule has 0 N–H and O–H groups in total. The number of nitrogens with zero attached hydrogens (tertiary/aromatic N) is 1. The Balaban J connectivity index is 1.70. The molecule has 0 radical (unpaired) electrons. The molecule has 2 rings (SSSR count). The second kappa shape index (κ2) is 5.50. The van der Waals surface area contributed by atoms with Gasteiger partial charge in [-0.05, 0) is 26.3 Å². The topological polar surface area (TPSA) is 51.3 Å². The van der Waals surface area contributed by atoms with Gasteiger partial charge in [0, 0.05) is 13.1 Å². The van der Waals surface area contributed by atoms with Crippen molar-refractivity contribution in [2.45, 2.75) is 32.0 Å². The number of carbonyl (C=O) groups excluding carboxylic acids is 1. The van der Waals surface area contributed by atoms with Crippen LogP contribution in [-0.4, -0.2) is 56.1 Å². The Bertz CT molecular complexity index is 242. The second-order valence-corrected chi connectivity index (χ2v) is 4.28. The Morgan fingerprint density at radius 1 is 1.56 bits per heavy atom. The van der Waals surface area contributed by atoms with E-state index in [0.717, 1.165) is 39.1 Å². The molecule has 0 bridgehead atoms. The molecule has 2 aliphatic heterocycles. The van der Waals surface area contributed by atoms with Crippen molar-refractivity contribution in [3.05, 3.63) is 0 Å². The van der Waals surface area contributed by atoms with Gasteiger partial charge in [0.25, 0.3) is 0 Å². The van der Waals surface area contributed by atoms with Crippen molar-refractivity contribution in [1.29, 1.82) is 0 Å². The van der Waals surface area contributed by atoms with E-state index in [2.05, 4.69) is 4.90 Å². The van der Waals surface area contributed by atoms with Gasteiger partial charge in [-0.1, -0.05) is 0 Å². The average molecular weight is 229 g/mol. The van der Waals surface area contributed by atoms with Gasteiger partial charge in [0.15, 0.2) is 0 Å². The molecule has 2 heterocycles. The normalized spacial score (nSPS) is 29.8. The first kappa shape index (κ1) is 11.7. The molecule has 0 spiro atoms. The summed E-state index contributed by atoms with van der Waals surface area (Å²) in [7, 11) is 0. The molecule has 2 unspecified atom stereocenters. The van der Waals surface area contributed by atoms with Crippen molar-refractivity contribution >= 4 is 6.16 Å². The molecule has 16 heavy (non-hydrogen) atoms. The molecule has 0 aromatic heterocycles. The van der Waals surface area contributed by atoms with Crippen molar-refractivity contribution in [3.8, 4) is 0 Å². The first-order valence-electron chi connectivity index (χ1n) is 5.95. The number of epoxide rings is 1. The molecule has 2 saturated heterocycles. The van der Waals surface area contributed by atoms with Crippen LogP contribution in [0.2, 0.25) is 0 Å². The van der Waals surface area contributed by atoms with Crippen LogP contribution in [0.3, 0.4) is 0 Å². The van der Waals surface area contributed by atoms with E-state index < -0.39 is 6.16 Å². The number of hydrogen-bond donors (Lipinski definition) is 0. The van der Waals surface area contributed by atoms with Crippen LogP contribution in [0.25, 0.3) is 0 Å². The first-order chi connectivity index (χ1) is 7.78. The lowest BCUT2D eigenvalue weighted by molar-refractivity contribution is -0.00403. The molecule has 0 saturated carbocycles. The maximum Gasteiger partial charge on any atom is 0.508 e. The lowest BCUT2D eigenvalue weighted by Gasteiger charge is -2.31. The number of rotatable bonds is 4. The summed E-state index contributed by atoms with van der Waals surface area (Å²) in [6, 6.07) is 0. The molecular weight excluding hydrogens is 210 g/mol. The third-order valence-corrected chi connectivity index (χ3v) is 2.85. The largest absolute Gasteiger partial charge is 0.508 e. The highest BCUT2D eigenvalue weighted by atomic mass is 16.7. The summed E-state index contributed by atoms with van der Waals surface area (Å²) in [5.74, 6) is 0. The molecule has 0 aromatic carbocycles. The summed E-state index contributed by atoms with van der Waals surface area (Å²) < 4.78 is 15.2. The highest BCUT2D eigenvalue weighted by Gasteiger charge is 2.29. The molecule has 92 valence electrons. The minimum atomic E-state index is -0.544. The van der Waals surface area contributed by atoms with Crippen molar-refractivity contribution < 1.29 is 19.0 Å². The zero-order valence-electron chi connectivity index (χ0n) is 9.68. The minimum Gasteiger partial charge on any atom is -0.435 e. The molecule has 2 aliphatic rings. The summed E-state index contributed by atoms with van der Waals surface area (Å²) in [5.41, 5.74) is 0. The van der Waals surface area contributed by atoms with Gasteiger partial charge >= 0.3 is 6.16 Å². The monoisotopic (exact) mass is 229 g/mol. The standard InChI is InChI=1S/C11H19NO4/c1-2-14-11(13)16-9-4-3-5-12(6-9)7-10-8-15-10/h9-10H,2-8H2,1H3. The number of likely N-dealkylation sites (tertiary alicyclic amines) is 1. The fourth-order valence-corrected chi connectivity index (χ4v) is 2.02. The van der Waals surface area contributed by atoms with Crippen LogP contribution in [0.5, 0.6) is 0 Å². The lowest BCUT2D eigenvalue weighted by atomic mass is 10.1. The van der Waals surface area contributed by atoms with Crippen LogP contribution in [0.1, 0.15) is 19.8 Å². The summed E-state index contributed by atoms with van der Waals surface area (Å²) >= 11 is 0. The molecule has 2 atom stereocenters. The number of ether oxygens (including phenoxy) is 3. The Hall–Kier alpha value is -0.810. The molecule has 2 fully saturated rings. The Morgan fingerprint density at radius 3 is 3.06 bits per heavy atom. The molecule has 5 nitrogen and oxygen atoms in total. The van der Waals surface area contributed by atoms with E-state index in [-0.39, 0.29) is 6.10 Å². The van der Waals surface area contributed by atoms with Crippen LogP contribution in [-0.2, 0) is 14.2 Å². The molecule has 0 amide bonds. The summed E-state index contributed by atoms with van der Waals surface area (Å²) in [5, 5.41) is 0. The van der Waals surface area contributed by atoms with Gasteiger partial charge in [-0.15, -0.1) is 0 Å². The number of piperidine rings is 1. The average Bonchev–Trinajstić information content (AvgIpc) is 3.02. The quantitative estimate of drug-likeness (QED) is 0.532. The van der Waals surface area contributed by atoms with Gasteiger partial charge in [0.1, 0.15) is 6.10 Å². The van der Waals surface area contributed by atoms with E-state index >= 15 is 0 Å². The van der Waals surface area contributed by atoms with Crippen LogP contribution in [0, 0.1) is 0 Å². The summed E-state index contributed by atoms with van der Waals surface area (Å²) in [6.07, 6.45) is 1.84. The fraction of sp³-hybridized carbons (Fsp3) is 0.909. The lowest BCUT2D eigenvalue weighted by Crippen LogP contribution is -2.42. The van der Waals surface area contributed by atoms with Crippen molar-refractivity contribution in [2.24, 2.45) is 0 Å². The second-order valence-electron chi connectivity index (χ2n) is 4.28. The zero-order chi connectivity index (χ0) is 11.4. The molecule has 0 aliphatic carbocycles. The zero-order valence-corrected chi connectivity index (χ0v) is 9.68. The molecule has 0 aromatic rings. The fourth-order valence-electron chi connectivity index (χ4n) is 2.02. The van der Waals surface area contributed by atoms with Crippen LogP contribution >= 0.6 is 0 Å². The van der Waals surface area contributed by atoms with E-state index in [1.807, 2.05) is 0 Å². The predicted octanol–water partition coefficient (Wildman–Crippen LogP) is 1.02. The SMILES string of the molecule is CCOC(=O)OC1CCCN(CC2CO2)C1. The van der Waals surface area contributed by atoms with Gasteiger partial charge in [-0.2, -0.15) is 0 Å². The van der Waals surface area contributed by atoms with Crippen LogP contribution in [0.15, 0.2) is 0 Å². The van der Waals surface area contributed by atoms with Crippen molar-refractivity contribution in [1.82, 2.24) is 4.90 Å².